The molecule has 0 saturated carbocycles. The third-order valence-corrected chi connectivity index (χ3v) is 3.54. The first kappa shape index (κ1) is 14.8. The minimum atomic E-state index is -0.994. The van der Waals surface area contributed by atoms with E-state index in [-0.39, 0.29) is 12.1 Å². The van der Waals surface area contributed by atoms with Crippen LogP contribution in [0.2, 0.25) is 0 Å². The molecule has 0 bridgehead atoms. The maximum absolute atomic E-state index is 11.9. The maximum Gasteiger partial charge on any atom is 0.326 e. The topological polar surface area (TPSA) is 72.9 Å². The molecule has 2 atom stereocenters. The van der Waals surface area contributed by atoms with E-state index in [1.165, 1.54) is 18.9 Å². The van der Waals surface area contributed by atoms with Gasteiger partial charge < -0.3 is 20.2 Å². The van der Waals surface area contributed by atoms with E-state index in [1.807, 2.05) is 0 Å². The zero-order valence-corrected chi connectivity index (χ0v) is 11.3. The number of likely N-dealkylation sites (N-methyl/N-ethyl adjacent to an activating group) is 2. The van der Waals surface area contributed by atoms with Crippen molar-refractivity contribution in [3.63, 3.8) is 0 Å². The van der Waals surface area contributed by atoms with Crippen LogP contribution in [0.3, 0.4) is 0 Å². The van der Waals surface area contributed by atoms with E-state index < -0.39 is 12.0 Å². The standard InChI is InChI=1S/C12H23N3O3/c1-4-15-7-5-6-10(8-15)13-12(18)14(3)9(2)11(16)17/h9-10H,4-8H2,1-3H3,(H,13,18)(H,16,17). The van der Waals surface area contributed by atoms with Crippen molar-refractivity contribution in [2.45, 2.75) is 38.8 Å². The summed E-state index contributed by atoms with van der Waals surface area (Å²) in [6, 6.07) is -1.00. The van der Waals surface area contributed by atoms with Crippen molar-refractivity contribution in [2.75, 3.05) is 26.7 Å². The molecule has 18 heavy (non-hydrogen) atoms. The summed E-state index contributed by atoms with van der Waals surface area (Å²) in [6.07, 6.45) is 2.02. The molecule has 1 heterocycles. The number of amides is 2. The van der Waals surface area contributed by atoms with E-state index in [1.54, 1.807) is 0 Å². The van der Waals surface area contributed by atoms with Gasteiger partial charge in [-0.05, 0) is 32.9 Å². The average Bonchev–Trinajstić information content (AvgIpc) is 2.36. The Morgan fingerprint density at radius 3 is 2.78 bits per heavy atom. The smallest absolute Gasteiger partial charge is 0.326 e. The van der Waals surface area contributed by atoms with Crippen LogP contribution in [0.15, 0.2) is 0 Å². The van der Waals surface area contributed by atoms with Crippen molar-refractivity contribution in [1.29, 1.82) is 0 Å². The highest BCUT2D eigenvalue weighted by Crippen LogP contribution is 2.10. The van der Waals surface area contributed by atoms with E-state index in [0.29, 0.717) is 0 Å². The van der Waals surface area contributed by atoms with Gasteiger partial charge in [0.1, 0.15) is 6.04 Å². The number of urea groups is 1. The molecule has 6 nitrogen and oxygen atoms in total. The molecule has 2 unspecified atom stereocenters. The second-order valence-electron chi connectivity index (χ2n) is 4.81. The number of piperidine rings is 1. The number of likely N-dealkylation sites (tertiary alicyclic amines) is 1. The van der Waals surface area contributed by atoms with Crippen LogP contribution >= 0.6 is 0 Å². The van der Waals surface area contributed by atoms with Crippen molar-refractivity contribution >= 4 is 12.0 Å². The predicted octanol–water partition coefficient (Wildman–Crippen LogP) is 0.585. The molecule has 0 aliphatic carbocycles. The van der Waals surface area contributed by atoms with E-state index >= 15 is 0 Å². The Bertz CT molecular complexity index is 309. The second kappa shape index (κ2) is 6.58. The Hall–Kier alpha value is -1.30. The number of rotatable bonds is 4. The molecule has 0 aromatic carbocycles. The fourth-order valence-electron chi connectivity index (χ4n) is 2.08. The molecule has 0 spiro atoms. The number of nitrogens with zero attached hydrogens (tertiary/aromatic N) is 2. The third kappa shape index (κ3) is 3.87. The monoisotopic (exact) mass is 257 g/mol. The molecule has 1 fully saturated rings. The van der Waals surface area contributed by atoms with Crippen molar-refractivity contribution in [3.05, 3.63) is 0 Å². The number of carboxylic acid groups (broad SMARTS) is 1. The molecule has 1 saturated heterocycles. The number of hydrogen-bond donors (Lipinski definition) is 2. The summed E-state index contributed by atoms with van der Waals surface area (Å²) in [4.78, 5) is 26.2. The van der Waals surface area contributed by atoms with Gasteiger partial charge in [-0.15, -0.1) is 0 Å². The summed E-state index contributed by atoms with van der Waals surface area (Å²) in [6.45, 7) is 6.50. The third-order valence-electron chi connectivity index (χ3n) is 3.54. The summed E-state index contributed by atoms with van der Waals surface area (Å²) >= 11 is 0. The second-order valence-corrected chi connectivity index (χ2v) is 4.81. The lowest BCUT2D eigenvalue weighted by Crippen LogP contribution is -2.53. The predicted molar refractivity (Wildman–Crippen MR) is 68.5 cm³/mol. The van der Waals surface area contributed by atoms with Crippen LogP contribution in [-0.2, 0) is 4.79 Å². The lowest BCUT2D eigenvalue weighted by molar-refractivity contribution is -0.141. The first-order valence-electron chi connectivity index (χ1n) is 6.44. The maximum atomic E-state index is 11.9. The van der Waals surface area contributed by atoms with Gasteiger partial charge in [-0.25, -0.2) is 9.59 Å². The molecule has 1 aliphatic heterocycles. The first-order valence-corrected chi connectivity index (χ1v) is 6.44. The summed E-state index contributed by atoms with van der Waals surface area (Å²) in [5, 5.41) is 11.8. The lowest BCUT2D eigenvalue weighted by atomic mass is 10.1. The molecule has 0 radical (unpaired) electrons. The quantitative estimate of drug-likeness (QED) is 0.773. The zero-order valence-electron chi connectivity index (χ0n) is 11.3. The fourth-order valence-corrected chi connectivity index (χ4v) is 2.08. The number of nitrogens with one attached hydrogen (secondary N) is 1. The highest BCUT2D eigenvalue weighted by Gasteiger charge is 2.25. The summed E-state index contributed by atoms with van der Waals surface area (Å²) in [7, 11) is 1.51. The minimum absolute atomic E-state index is 0.120. The van der Waals surface area contributed by atoms with Gasteiger partial charge in [0.2, 0.25) is 0 Å². The van der Waals surface area contributed by atoms with Gasteiger partial charge in [0, 0.05) is 19.6 Å². The van der Waals surface area contributed by atoms with Crippen LogP contribution in [0.4, 0.5) is 4.79 Å². The molecular formula is C12H23N3O3. The Morgan fingerprint density at radius 2 is 2.22 bits per heavy atom. The highest BCUT2D eigenvalue weighted by atomic mass is 16.4. The van der Waals surface area contributed by atoms with E-state index in [2.05, 4.69) is 17.1 Å². The van der Waals surface area contributed by atoms with E-state index in [9.17, 15) is 9.59 Å². The van der Waals surface area contributed by atoms with Crippen LogP contribution in [0, 0.1) is 0 Å². The Balaban J connectivity index is 2.46. The van der Waals surface area contributed by atoms with Crippen molar-refractivity contribution in [1.82, 2.24) is 15.1 Å². The average molecular weight is 257 g/mol. The molecule has 6 heteroatoms. The SMILES string of the molecule is CCN1CCCC(NC(=O)N(C)C(C)C(=O)O)C1. The lowest BCUT2D eigenvalue weighted by Gasteiger charge is -2.33. The van der Waals surface area contributed by atoms with Crippen LogP contribution in [0.5, 0.6) is 0 Å². The number of aliphatic carboxylic acids is 1. The number of carboxylic acids is 1. The van der Waals surface area contributed by atoms with Gasteiger partial charge in [0.15, 0.2) is 0 Å². The van der Waals surface area contributed by atoms with Gasteiger partial charge in [-0.1, -0.05) is 6.92 Å². The summed E-state index contributed by atoms with van der Waals surface area (Å²) in [5.41, 5.74) is 0. The van der Waals surface area contributed by atoms with E-state index in [0.717, 1.165) is 32.5 Å². The zero-order chi connectivity index (χ0) is 13.7. The molecule has 0 aromatic rings. The first-order chi connectivity index (χ1) is 8.45. The number of carbonyl (C=O) groups excluding carboxylic acids is 1. The largest absolute Gasteiger partial charge is 0.480 e. The molecule has 1 rings (SSSR count). The van der Waals surface area contributed by atoms with Gasteiger partial charge in [0.25, 0.3) is 0 Å². The Labute approximate surface area is 108 Å². The molecular weight excluding hydrogens is 234 g/mol. The molecule has 104 valence electrons. The normalized spacial score (nSPS) is 22.3. The van der Waals surface area contributed by atoms with Gasteiger partial charge >= 0.3 is 12.0 Å². The van der Waals surface area contributed by atoms with Gasteiger partial charge in [0.05, 0.1) is 0 Å². The minimum Gasteiger partial charge on any atom is -0.480 e. The molecule has 2 N–H and O–H groups in total. The van der Waals surface area contributed by atoms with Gasteiger partial charge in [-0.3, -0.25) is 0 Å². The molecule has 2 amide bonds. The van der Waals surface area contributed by atoms with Crippen LogP contribution in [-0.4, -0.2) is 65.7 Å². The van der Waals surface area contributed by atoms with Crippen molar-refractivity contribution < 1.29 is 14.7 Å². The molecule has 0 aromatic heterocycles. The van der Waals surface area contributed by atoms with Crippen LogP contribution < -0.4 is 5.32 Å². The van der Waals surface area contributed by atoms with Crippen molar-refractivity contribution in [3.8, 4) is 0 Å². The number of hydrogen-bond acceptors (Lipinski definition) is 3. The summed E-state index contributed by atoms with van der Waals surface area (Å²) in [5.74, 6) is -0.994. The van der Waals surface area contributed by atoms with Crippen LogP contribution in [0.1, 0.15) is 26.7 Å². The van der Waals surface area contributed by atoms with E-state index in [4.69, 9.17) is 5.11 Å². The Morgan fingerprint density at radius 1 is 1.56 bits per heavy atom. The molecule has 1 aliphatic rings. The fraction of sp³-hybridized carbons (Fsp3) is 0.833. The van der Waals surface area contributed by atoms with Crippen LogP contribution in [0.25, 0.3) is 0 Å². The van der Waals surface area contributed by atoms with Crippen molar-refractivity contribution in [2.24, 2.45) is 0 Å². The highest BCUT2D eigenvalue weighted by molar-refractivity contribution is 5.82. The number of carbonyl (C=O) groups is 2. The van der Waals surface area contributed by atoms with Gasteiger partial charge in [-0.2, -0.15) is 0 Å². The Kier molecular flexibility index (Phi) is 5.40. The summed E-state index contributed by atoms with van der Waals surface area (Å²) < 4.78 is 0.